The quantitative estimate of drug-likeness (QED) is 0.595. The fraction of sp³-hybridized carbons (Fsp3) is 0.583. The van der Waals surface area contributed by atoms with Gasteiger partial charge >= 0.3 is 0 Å². The summed E-state index contributed by atoms with van der Waals surface area (Å²) in [4.78, 5) is 4.30. The topological polar surface area (TPSA) is 50.9 Å². The molecule has 0 saturated heterocycles. The van der Waals surface area contributed by atoms with Gasteiger partial charge in [-0.25, -0.2) is 0 Å². The predicted molar refractivity (Wildman–Crippen MR) is 68.0 cm³/mol. The zero-order chi connectivity index (χ0) is 12.0. The first-order valence-electron chi connectivity index (χ1n) is 5.79. The van der Waals surface area contributed by atoms with Crippen molar-refractivity contribution in [1.29, 1.82) is 0 Å². The molecule has 1 atom stereocenters. The molecule has 90 valence electrons. The first kappa shape index (κ1) is 13.4. The van der Waals surface area contributed by atoms with E-state index in [1.807, 2.05) is 12.1 Å². The van der Waals surface area contributed by atoms with Crippen LogP contribution in [0.1, 0.15) is 44.8 Å². The van der Waals surface area contributed by atoms with Crippen LogP contribution in [0, 0.1) is 5.92 Å². The molecule has 1 unspecified atom stereocenters. The average molecular weight is 242 g/mol. The van der Waals surface area contributed by atoms with Crippen molar-refractivity contribution in [1.82, 2.24) is 10.4 Å². The van der Waals surface area contributed by atoms with E-state index in [0.717, 1.165) is 25.0 Å². The third-order valence-corrected chi connectivity index (χ3v) is 3.36. The lowest BCUT2D eigenvalue weighted by atomic mass is 9.93. The van der Waals surface area contributed by atoms with Gasteiger partial charge in [-0.1, -0.05) is 38.3 Å². The standard InChI is InChI=1S/C12H20ClN3/c1-3-9(4-2)8-11(16-14)12-10(13)6-5-7-15-12/h5-7,9,11,16H,3-4,8,14H2,1-2H3. The van der Waals surface area contributed by atoms with Gasteiger partial charge in [-0.3, -0.25) is 16.3 Å². The van der Waals surface area contributed by atoms with Gasteiger partial charge in [0, 0.05) is 6.20 Å². The monoisotopic (exact) mass is 241 g/mol. The maximum Gasteiger partial charge on any atom is 0.0772 e. The van der Waals surface area contributed by atoms with Gasteiger partial charge in [0.2, 0.25) is 0 Å². The second-order valence-corrected chi connectivity index (χ2v) is 4.42. The van der Waals surface area contributed by atoms with Crippen molar-refractivity contribution in [2.24, 2.45) is 11.8 Å². The minimum Gasteiger partial charge on any atom is -0.271 e. The van der Waals surface area contributed by atoms with Crippen molar-refractivity contribution in [3.8, 4) is 0 Å². The van der Waals surface area contributed by atoms with Gasteiger partial charge in [0.05, 0.1) is 16.8 Å². The van der Waals surface area contributed by atoms with E-state index >= 15 is 0 Å². The zero-order valence-corrected chi connectivity index (χ0v) is 10.7. The molecule has 0 amide bonds. The van der Waals surface area contributed by atoms with Crippen LogP contribution in [-0.4, -0.2) is 4.98 Å². The molecule has 3 N–H and O–H groups in total. The van der Waals surface area contributed by atoms with Crippen molar-refractivity contribution in [3.05, 3.63) is 29.0 Å². The van der Waals surface area contributed by atoms with Crippen molar-refractivity contribution in [2.75, 3.05) is 0 Å². The van der Waals surface area contributed by atoms with Crippen LogP contribution in [0.4, 0.5) is 0 Å². The third kappa shape index (κ3) is 3.44. The normalized spacial score (nSPS) is 13.1. The van der Waals surface area contributed by atoms with Crippen LogP contribution in [0.2, 0.25) is 5.02 Å². The third-order valence-electron chi connectivity index (χ3n) is 3.04. The zero-order valence-electron chi connectivity index (χ0n) is 9.91. The molecule has 0 fully saturated rings. The number of aromatic nitrogens is 1. The first-order valence-corrected chi connectivity index (χ1v) is 6.17. The van der Waals surface area contributed by atoms with Crippen molar-refractivity contribution in [2.45, 2.75) is 39.2 Å². The predicted octanol–water partition coefficient (Wildman–Crippen LogP) is 3.07. The number of hydrazine groups is 1. The number of halogens is 1. The van der Waals surface area contributed by atoms with E-state index < -0.39 is 0 Å². The van der Waals surface area contributed by atoms with Gasteiger partial charge in [0.25, 0.3) is 0 Å². The summed E-state index contributed by atoms with van der Waals surface area (Å²) < 4.78 is 0. The lowest BCUT2D eigenvalue weighted by molar-refractivity contribution is 0.370. The Morgan fingerprint density at radius 2 is 2.12 bits per heavy atom. The molecule has 0 bridgehead atoms. The van der Waals surface area contributed by atoms with Crippen LogP contribution in [0.15, 0.2) is 18.3 Å². The van der Waals surface area contributed by atoms with Crippen LogP contribution in [-0.2, 0) is 0 Å². The molecular weight excluding hydrogens is 222 g/mol. The number of hydrogen-bond acceptors (Lipinski definition) is 3. The average Bonchev–Trinajstić information content (AvgIpc) is 2.32. The van der Waals surface area contributed by atoms with Crippen molar-refractivity contribution < 1.29 is 0 Å². The van der Waals surface area contributed by atoms with Gasteiger partial charge in [0.1, 0.15) is 0 Å². The molecule has 0 radical (unpaired) electrons. The largest absolute Gasteiger partial charge is 0.271 e. The Morgan fingerprint density at radius 3 is 2.62 bits per heavy atom. The Bertz CT molecular complexity index is 313. The van der Waals surface area contributed by atoms with Gasteiger partial charge in [-0.2, -0.15) is 0 Å². The SMILES string of the molecule is CCC(CC)CC(NN)c1ncccc1Cl. The van der Waals surface area contributed by atoms with E-state index in [1.54, 1.807) is 6.20 Å². The Hall–Kier alpha value is -0.640. The van der Waals surface area contributed by atoms with Gasteiger partial charge < -0.3 is 0 Å². The molecule has 0 saturated carbocycles. The molecule has 0 aliphatic rings. The summed E-state index contributed by atoms with van der Waals surface area (Å²) in [6.45, 7) is 4.39. The smallest absolute Gasteiger partial charge is 0.0772 e. The highest BCUT2D eigenvalue weighted by Crippen LogP contribution is 2.27. The molecule has 1 heterocycles. The lowest BCUT2D eigenvalue weighted by Gasteiger charge is -2.21. The first-order chi connectivity index (χ1) is 7.72. The molecule has 4 heteroatoms. The molecule has 1 aromatic rings. The molecular formula is C12H20ClN3. The molecule has 0 aliphatic heterocycles. The number of pyridine rings is 1. The molecule has 0 spiro atoms. The summed E-state index contributed by atoms with van der Waals surface area (Å²) in [6, 6.07) is 3.72. The van der Waals surface area contributed by atoms with E-state index in [9.17, 15) is 0 Å². The number of rotatable bonds is 6. The van der Waals surface area contributed by atoms with Gasteiger partial charge in [-0.15, -0.1) is 0 Å². The molecule has 3 nitrogen and oxygen atoms in total. The number of nitrogens with one attached hydrogen (secondary N) is 1. The maximum absolute atomic E-state index is 6.11. The highest BCUT2D eigenvalue weighted by atomic mass is 35.5. The van der Waals surface area contributed by atoms with Crippen molar-refractivity contribution in [3.63, 3.8) is 0 Å². The van der Waals surface area contributed by atoms with Crippen LogP contribution >= 0.6 is 11.6 Å². The van der Waals surface area contributed by atoms with Crippen LogP contribution in [0.3, 0.4) is 0 Å². The van der Waals surface area contributed by atoms with E-state index in [1.165, 1.54) is 0 Å². The Morgan fingerprint density at radius 1 is 1.44 bits per heavy atom. The molecule has 16 heavy (non-hydrogen) atoms. The Kier molecular flexibility index (Phi) is 5.74. The summed E-state index contributed by atoms with van der Waals surface area (Å²) >= 11 is 6.11. The summed E-state index contributed by atoms with van der Waals surface area (Å²) in [5, 5.41) is 0.677. The fourth-order valence-corrected chi connectivity index (χ4v) is 2.12. The summed E-state index contributed by atoms with van der Waals surface area (Å²) in [5.41, 5.74) is 3.66. The Balaban J connectivity index is 2.78. The van der Waals surface area contributed by atoms with Crippen LogP contribution in [0.5, 0.6) is 0 Å². The Labute approximate surface area is 102 Å². The lowest BCUT2D eigenvalue weighted by Crippen LogP contribution is -2.30. The highest BCUT2D eigenvalue weighted by Gasteiger charge is 2.18. The molecule has 0 aromatic carbocycles. The molecule has 0 aliphatic carbocycles. The summed E-state index contributed by atoms with van der Waals surface area (Å²) in [7, 11) is 0. The fourth-order valence-electron chi connectivity index (χ4n) is 1.87. The number of hydrogen-bond donors (Lipinski definition) is 2. The number of nitrogens with two attached hydrogens (primary N) is 1. The van der Waals surface area contributed by atoms with E-state index in [-0.39, 0.29) is 6.04 Å². The highest BCUT2D eigenvalue weighted by molar-refractivity contribution is 6.31. The second kappa shape index (κ2) is 6.84. The molecule has 1 aromatic heterocycles. The maximum atomic E-state index is 6.11. The van der Waals surface area contributed by atoms with E-state index in [2.05, 4.69) is 24.3 Å². The van der Waals surface area contributed by atoms with Crippen molar-refractivity contribution >= 4 is 11.6 Å². The second-order valence-electron chi connectivity index (χ2n) is 4.01. The minimum atomic E-state index is 0.0404. The van der Waals surface area contributed by atoms with Gasteiger partial charge in [-0.05, 0) is 24.5 Å². The number of nitrogens with zero attached hydrogens (tertiary/aromatic N) is 1. The van der Waals surface area contributed by atoms with Gasteiger partial charge in [0.15, 0.2) is 0 Å². The van der Waals surface area contributed by atoms with Crippen LogP contribution < -0.4 is 11.3 Å². The molecule has 1 rings (SSSR count). The van der Waals surface area contributed by atoms with E-state index in [4.69, 9.17) is 17.4 Å². The van der Waals surface area contributed by atoms with Crippen LogP contribution in [0.25, 0.3) is 0 Å². The summed E-state index contributed by atoms with van der Waals surface area (Å²) in [5.74, 6) is 6.23. The minimum absolute atomic E-state index is 0.0404. The summed E-state index contributed by atoms with van der Waals surface area (Å²) in [6.07, 6.45) is 5.02. The van der Waals surface area contributed by atoms with E-state index in [0.29, 0.717) is 10.9 Å².